The second-order valence-electron chi connectivity index (χ2n) is 7.42. The number of fused-ring (bicyclic) bond motifs is 3. The zero-order valence-electron chi connectivity index (χ0n) is 14.5. The highest BCUT2D eigenvalue weighted by atomic mass is 14.4. The van der Waals surface area contributed by atoms with E-state index in [4.69, 9.17) is 6.42 Å². The molecule has 2 aliphatic rings. The van der Waals surface area contributed by atoms with Gasteiger partial charge >= 0.3 is 0 Å². The summed E-state index contributed by atoms with van der Waals surface area (Å²) in [6.45, 7) is 4.30. The van der Waals surface area contributed by atoms with Gasteiger partial charge in [-0.2, -0.15) is 0 Å². The molecule has 0 heteroatoms. The SMILES string of the molecule is C#C/C=C(C)\C=C/CC[C@@H]1CCC[C@H]2Cc3ccc(C)cc3C12. The third-order valence-corrected chi connectivity index (χ3v) is 5.70. The van der Waals surface area contributed by atoms with E-state index in [1.54, 1.807) is 11.1 Å². The summed E-state index contributed by atoms with van der Waals surface area (Å²) in [6, 6.07) is 7.14. The molecule has 0 aliphatic heterocycles. The largest absolute Gasteiger partial charge is 0.115 e. The van der Waals surface area contributed by atoms with E-state index in [0.717, 1.165) is 17.8 Å². The quantitative estimate of drug-likeness (QED) is 0.475. The summed E-state index contributed by atoms with van der Waals surface area (Å²) >= 11 is 0. The normalized spacial score (nSPS) is 26.8. The molecular weight excluding hydrogens is 276 g/mol. The lowest BCUT2D eigenvalue weighted by molar-refractivity contribution is 0.225. The average molecular weight is 304 g/mol. The van der Waals surface area contributed by atoms with Crippen LogP contribution in [-0.2, 0) is 6.42 Å². The summed E-state index contributed by atoms with van der Waals surface area (Å²) in [5, 5.41) is 0. The van der Waals surface area contributed by atoms with Crippen molar-refractivity contribution in [1.29, 1.82) is 0 Å². The fraction of sp³-hybridized carbons (Fsp3) is 0.478. The van der Waals surface area contributed by atoms with Gasteiger partial charge in [0.1, 0.15) is 0 Å². The lowest BCUT2D eigenvalue weighted by Crippen LogP contribution is -2.23. The molecule has 0 amide bonds. The summed E-state index contributed by atoms with van der Waals surface area (Å²) in [7, 11) is 0. The number of rotatable bonds is 4. The van der Waals surface area contributed by atoms with Crippen LogP contribution in [0.3, 0.4) is 0 Å². The second-order valence-corrected chi connectivity index (χ2v) is 7.42. The molecule has 1 aromatic rings. The first-order valence-corrected chi connectivity index (χ1v) is 9.08. The Bertz CT molecular complexity index is 653. The first-order chi connectivity index (χ1) is 11.2. The van der Waals surface area contributed by atoms with Crippen LogP contribution in [0.4, 0.5) is 0 Å². The molecule has 1 aromatic carbocycles. The number of hydrogen-bond donors (Lipinski definition) is 0. The fourth-order valence-corrected chi connectivity index (χ4v) is 4.70. The zero-order chi connectivity index (χ0) is 16.2. The molecular formula is C23H28. The van der Waals surface area contributed by atoms with Crippen LogP contribution >= 0.6 is 0 Å². The third kappa shape index (κ3) is 3.61. The van der Waals surface area contributed by atoms with Crippen LogP contribution in [0, 0.1) is 31.1 Å². The maximum Gasteiger partial charge on any atom is -0.00924 e. The highest BCUT2D eigenvalue weighted by Crippen LogP contribution is 2.51. The Balaban J connectivity index is 1.68. The molecule has 0 spiro atoms. The Kier molecular flexibility index (Phi) is 5.06. The van der Waals surface area contributed by atoms with E-state index < -0.39 is 0 Å². The molecule has 1 unspecified atom stereocenters. The minimum Gasteiger partial charge on any atom is -0.115 e. The molecule has 0 saturated heterocycles. The van der Waals surface area contributed by atoms with Gasteiger partial charge in [0.25, 0.3) is 0 Å². The average Bonchev–Trinajstić information content (AvgIpc) is 2.90. The van der Waals surface area contributed by atoms with E-state index in [2.05, 4.69) is 50.1 Å². The highest BCUT2D eigenvalue weighted by molar-refractivity contribution is 5.40. The Hall–Kier alpha value is -1.74. The minimum atomic E-state index is 0.814. The van der Waals surface area contributed by atoms with Gasteiger partial charge in [-0.3, -0.25) is 0 Å². The summed E-state index contributed by atoms with van der Waals surface area (Å²) in [5.74, 6) is 5.17. The number of allylic oxidation sites excluding steroid dienone is 4. The Morgan fingerprint density at radius 3 is 3.04 bits per heavy atom. The summed E-state index contributed by atoms with van der Waals surface area (Å²) < 4.78 is 0. The van der Waals surface area contributed by atoms with Gasteiger partial charge in [0.15, 0.2) is 0 Å². The molecule has 0 aromatic heterocycles. The highest BCUT2D eigenvalue weighted by Gasteiger charge is 2.39. The number of aryl methyl sites for hydroxylation is 1. The van der Waals surface area contributed by atoms with Crippen LogP contribution in [0.5, 0.6) is 0 Å². The van der Waals surface area contributed by atoms with E-state index in [1.807, 2.05) is 6.08 Å². The van der Waals surface area contributed by atoms with Crippen LogP contribution in [0.1, 0.15) is 61.6 Å². The molecule has 120 valence electrons. The number of hydrogen-bond acceptors (Lipinski definition) is 0. The molecule has 2 aliphatic carbocycles. The van der Waals surface area contributed by atoms with Crippen molar-refractivity contribution in [3.8, 4) is 12.3 Å². The predicted molar refractivity (Wildman–Crippen MR) is 99.4 cm³/mol. The monoisotopic (exact) mass is 304 g/mol. The van der Waals surface area contributed by atoms with Crippen molar-refractivity contribution in [1.82, 2.24) is 0 Å². The van der Waals surface area contributed by atoms with Crippen molar-refractivity contribution in [2.45, 2.75) is 58.3 Å². The predicted octanol–water partition coefficient (Wildman–Crippen LogP) is 5.97. The number of benzene rings is 1. The van der Waals surface area contributed by atoms with E-state index in [-0.39, 0.29) is 0 Å². The van der Waals surface area contributed by atoms with Gasteiger partial charge in [-0.15, -0.1) is 6.42 Å². The van der Waals surface area contributed by atoms with Crippen molar-refractivity contribution in [3.63, 3.8) is 0 Å². The first kappa shape index (κ1) is 16.1. The lowest BCUT2D eigenvalue weighted by Gasteiger charge is -2.34. The zero-order valence-corrected chi connectivity index (χ0v) is 14.5. The molecule has 0 radical (unpaired) electrons. The molecule has 0 heterocycles. The Morgan fingerprint density at radius 2 is 2.22 bits per heavy atom. The van der Waals surface area contributed by atoms with Crippen molar-refractivity contribution in [3.05, 3.63) is 58.7 Å². The van der Waals surface area contributed by atoms with Crippen molar-refractivity contribution >= 4 is 0 Å². The van der Waals surface area contributed by atoms with Crippen LogP contribution in [0.15, 0.2) is 42.0 Å². The van der Waals surface area contributed by atoms with Crippen LogP contribution < -0.4 is 0 Å². The van der Waals surface area contributed by atoms with E-state index in [9.17, 15) is 0 Å². The van der Waals surface area contributed by atoms with E-state index in [0.29, 0.717) is 0 Å². The maximum absolute atomic E-state index is 5.31. The molecule has 23 heavy (non-hydrogen) atoms. The molecule has 3 rings (SSSR count). The molecule has 1 saturated carbocycles. The van der Waals surface area contributed by atoms with Gasteiger partial charge in [0.2, 0.25) is 0 Å². The van der Waals surface area contributed by atoms with Gasteiger partial charge < -0.3 is 0 Å². The minimum absolute atomic E-state index is 0.814. The van der Waals surface area contributed by atoms with Crippen LogP contribution in [0.2, 0.25) is 0 Å². The van der Waals surface area contributed by atoms with Crippen LogP contribution in [-0.4, -0.2) is 0 Å². The fourth-order valence-electron chi connectivity index (χ4n) is 4.70. The van der Waals surface area contributed by atoms with E-state index >= 15 is 0 Å². The molecule has 0 nitrogen and oxygen atoms in total. The van der Waals surface area contributed by atoms with Gasteiger partial charge in [-0.05, 0) is 86.5 Å². The van der Waals surface area contributed by atoms with Crippen LogP contribution in [0.25, 0.3) is 0 Å². The summed E-state index contributed by atoms with van der Waals surface area (Å²) in [6.07, 6.45) is 19.7. The first-order valence-electron chi connectivity index (χ1n) is 9.08. The van der Waals surface area contributed by atoms with Crippen molar-refractivity contribution in [2.75, 3.05) is 0 Å². The molecule has 0 N–H and O–H groups in total. The van der Waals surface area contributed by atoms with Gasteiger partial charge in [0.05, 0.1) is 0 Å². The number of terminal acetylenes is 1. The molecule has 0 bridgehead atoms. The van der Waals surface area contributed by atoms with Crippen molar-refractivity contribution in [2.24, 2.45) is 11.8 Å². The molecule has 1 fully saturated rings. The second kappa shape index (κ2) is 7.22. The Labute approximate surface area is 141 Å². The van der Waals surface area contributed by atoms with E-state index in [1.165, 1.54) is 49.7 Å². The Morgan fingerprint density at radius 1 is 1.35 bits per heavy atom. The summed E-state index contributed by atoms with van der Waals surface area (Å²) in [5.41, 5.74) is 5.90. The third-order valence-electron chi connectivity index (χ3n) is 5.70. The van der Waals surface area contributed by atoms with Crippen molar-refractivity contribution < 1.29 is 0 Å². The smallest absolute Gasteiger partial charge is 0.00924 e. The standard InChI is InChI=1S/C23H28/c1-4-8-17(2)9-5-6-10-19-11-7-12-21-16-20-14-13-18(3)15-22(20)23(19)21/h1,5,8-9,13-15,19,21,23H,6-7,10-12,16H2,2-3H3/b9-5-,17-8-/t19-,21+,23?/m1/s1. The lowest BCUT2D eigenvalue weighted by atomic mass is 9.70. The van der Waals surface area contributed by atoms with Gasteiger partial charge in [-0.25, -0.2) is 0 Å². The maximum atomic E-state index is 5.31. The van der Waals surface area contributed by atoms with Gasteiger partial charge in [0, 0.05) is 0 Å². The topological polar surface area (TPSA) is 0 Å². The summed E-state index contributed by atoms with van der Waals surface area (Å²) in [4.78, 5) is 0. The molecule has 3 atom stereocenters. The van der Waals surface area contributed by atoms with Gasteiger partial charge in [-0.1, -0.05) is 48.3 Å².